The first-order valence-electron chi connectivity index (χ1n) is 7.41. The third-order valence-corrected chi connectivity index (χ3v) is 4.30. The molecule has 3 aromatic rings. The van der Waals surface area contributed by atoms with Crippen LogP contribution in [0.5, 0.6) is 0 Å². The summed E-state index contributed by atoms with van der Waals surface area (Å²) in [5.74, 6) is 0. The number of rotatable bonds is 1. The predicted octanol–water partition coefficient (Wildman–Crippen LogP) is 1.28. The Morgan fingerprint density at radius 1 is 1.04 bits per heavy atom. The van der Waals surface area contributed by atoms with E-state index in [0.717, 1.165) is 21.5 Å². The van der Waals surface area contributed by atoms with E-state index in [1.807, 2.05) is 47.2 Å². The van der Waals surface area contributed by atoms with Crippen LogP contribution in [0.2, 0.25) is 0 Å². The van der Waals surface area contributed by atoms with Crippen LogP contribution >= 0.6 is 0 Å². The van der Waals surface area contributed by atoms with Crippen molar-refractivity contribution in [2.45, 2.75) is 0 Å². The molecule has 1 N–H and O–H groups in total. The van der Waals surface area contributed by atoms with Crippen molar-refractivity contribution in [3.8, 4) is 11.3 Å². The summed E-state index contributed by atoms with van der Waals surface area (Å²) in [7, 11) is 3.21. The van der Waals surface area contributed by atoms with Crippen molar-refractivity contribution in [1.29, 1.82) is 0 Å². The van der Waals surface area contributed by atoms with Crippen molar-refractivity contribution in [3.05, 3.63) is 62.9 Å². The van der Waals surface area contributed by atoms with Gasteiger partial charge in [-0.1, -0.05) is 36.4 Å². The number of nitrogens with one attached hydrogen (secondary N) is 1. The van der Waals surface area contributed by atoms with E-state index in [9.17, 15) is 9.59 Å². The molecule has 0 saturated carbocycles. The zero-order valence-electron chi connectivity index (χ0n) is 12.9. The second-order valence-corrected chi connectivity index (χ2v) is 5.63. The molecule has 0 amide bonds. The van der Waals surface area contributed by atoms with Gasteiger partial charge in [0, 0.05) is 26.2 Å². The number of hydrogen-bond acceptors (Lipinski definition) is 3. The van der Waals surface area contributed by atoms with Crippen molar-refractivity contribution in [2.75, 3.05) is 12.0 Å². The Hall–Kier alpha value is -3.02. The zero-order chi connectivity index (χ0) is 16.1. The van der Waals surface area contributed by atoms with E-state index >= 15 is 0 Å². The molecule has 1 aliphatic rings. The average molecular weight is 308 g/mol. The van der Waals surface area contributed by atoms with Crippen LogP contribution in [-0.2, 0) is 14.1 Å². The number of aromatic nitrogens is 3. The van der Waals surface area contributed by atoms with Crippen LogP contribution in [0.4, 0.5) is 0 Å². The molecule has 4 rings (SSSR count). The summed E-state index contributed by atoms with van der Waals surface area (Å²) in [6.45, 7) is 0.669. The molecule has 1 aliphatic heterocycles. The highest BCUT2D eigenvalue weighted by Gasteiger charge is 2.24. The Labute approximate surface area is 131 Å². The normalized spacial score (nSPS) is 13.1. The van der Waals surface area contributed by atoms with E-state index in [4.69, 9.17) is 0 Å². The minimum absolute atomic E-state index is 0.279. The van der Waals surface area contributed by atoms with Gasteiger partial charge in [0.1, 0.15) is 0 Å². The van der Waals surface area contributed by atoms with E-state index in [1.54, 1.807) is 7.05 Å². The molecule has 0 fully saturated rings. The summed E-state index contributed by atoms with van der Waals surface area (Å²) >= 11 is 0. The number of benzene rings is 1. The van der Waals surface area contributed by atoms with Crippen molar-refractivity contribution < 1.29 is 0 Å². The summed E-state index contributed by atoms with van der Waals surface area (Å²) in [6, 6.07) is 9.74. The van der Waals surface area contributed by atoms with Crippen molar-refractivity contribution in [3.63, 3.8) is 0 Å². The van der Waals surface area contributed by atoms with E-state index < -0.39 is 0 Å². The second kappa shape index (κ2) is 4.74. The van der Waals surface area contributed by atoms with Crippen molar-refractivity contribution in [1.82, 2.24) is 13.8 Å². The van der Waals surface area contributed by atoms with Gasteiger partial charge in [0.15, 0.2) is 0 Å². The molecule has 0 spiro atoms. The van der Waals surface area contributed by atoms with Gasteiger partial charge in [0.2, 0.25) is 0 Å². The number of nitrogens with zero attached hydrogens (tertiary/aromatic N) is 3. The van der Waals surface area contributed by atoms with Crippen LogP contribution in [-0.4, -0.2) is 20.4 Å². The van der Waals surface area contributed by atoms with Gasteiger partial charge in [-0.3, -0.25) is 18.6 Å². The van der Waals surface area contributed by atoms with Gasteiger partial charge >= 0.3 is 5.69 Å². The molecule has 6 heteroatoms. The van der Waals surface area contributed by atoms with Gasteiger partial charge in [-0.05, 0) is 6.08 Å². The van der Waals surface area contributed by atoms with Crippen LogP contribution in [0.15, 0.2) is 46.0 Å². The third kappa shape index (κ3) is 1.75. The van der Waals surface area contributed by atoms with Crippen molar-refractivity contribution >= 4 is 17.0 Å². The minimum Gasteiger partial charge on any atom is -0.321 e. The SMILES string of the molecule is Cn1c(=O)c2c(-c3ccccc3)n3c(c2n(C)c1=O)C=CCN3. The Bertz CT molecular complexity index is 1070. The number of aryl methyl sites for hydroxylation is 1. The maximum absolute atomic E-state index is 12.8. The summed E-state index contributed by atoms with van der Waals surface area (Å²) < 4.78 is 4.59. The second-order valence-electron chi connectivity index (χ2n) is 5.63. The van der Waals surface area contributed by atoms with Gasteiger partial charge in [0.25, 0.3) is 5.56 Å². The summed E-state index contributed by atoms with van der Waals surface area (Å²) in [6.07, 6.45) is 3.93. The average Bonchev–Trinajstić information content (AvgIpc) is 2.94. The Kier molecular flexibility index (Phi) is 2.81. The fourth-order valence-electron chi connectivity index (χ4n) is 3.20. The Balaban J connectivity index is 2.30. The van der Waals surface area contributed by atoms with Gasteiger partial charge < -0.3 is 5.43 Å². The lowest BCUT2D eigenvalue weighted by atomic mass is 10.1. The molecule has 0 bridgehead atoms. The highest BCUT2D eigenvalue weighted by atomic mass is 16.2. The van der Waals surface area contributed by atoms with Crippen LogP contribution < -0.4 is 16.7 Å². The smallest absolute Gasteiger partial charge is 0.321 e. The molecule has 116 valence electrons. The molecule has 0 unspecified atom stereocenters. The molecule has 1 aromatic carbocycles. The first-order chi connectivity index (χ1) is 11.1. The molecule has 0 aliphatic carbocycles. The monoisotopic (exact) mass is 308 g/mol. The maximum Gasteiger partial charge on any atom is 0.331 e. The largest absolute Gasteiger partial charge is 0.331 e. The number of hydrogen-bond donors (Lipinski definition) is 1. The molecule has 3 heterocycles. The van der Waals surface area contributed by atoms with Crippen LogP contribution in [0, 0.1) is 0 Å². The first-order valence-corrected chi connectivity index (χ1v) is 7.41. The van der Waals surface area contributed by atoms with E-state index in [-0.39, 0.29) is 11.2 Å². The lowest BCUT2D eigenvalue weighted by Gasteiger charge is -2.16. The highest BCUT2D eigenvalue weighted by Crippen LogP contribution is 2.32. The molecule has 2 aromatic heterocycles. The summed E-state index contributed by atoms with van der Waals surface area (Å²) in [5.41, 5.74) is 5.87. The molecule has 0 radical (unpaired) electrons. The standard InChI is InChI=1S/C17H16N4O2/c1-19-15-12-9-6-10-18-21(12)14(11-7-4-3-5-8-11)13(15)16(22)20(2)17(19)23/h3-9,18H,10H2,1-2H3. The molecular formula is C17H16N4O2. The van der Waals surface area contributed by atoms with Crippen molar-refractivity contribution in [2.24, 2.45) is 14.1 Å². The van der Waals surface area contributed by atoms with Gasteiger partial charge in [0.05, 0.1) is 22.3 Å². The molecule has 0 atom stereocenters. The Morgan fingerprint density at radius 2 is 1.78 bits per heavy atom. The molecule has 6 nitrogen and oxygen atoms in total. The zero-order valence-corrected chi connectivity index (χ0v) is 12.9. The summed E-state index contributed by atoms with van der Waals surface area (Å²) in [4.78, 5) is 25.1. The van der Waals surface area contributed by atoms with E-state index in [1.165, 1.54) is 11.6 Å². The fraction of sp³-hybridized carbons (Fsp3) is 0.176. The third-order valence-electron chi connectivity index (χ3n) is 4.30. The van der Waals surface area contributed by atoms with Gasteiger partial charge in [-0.15, -0.1) is 0 Å². The highest BCUT2D eigenvalue weighted by molar-refractivity contribution is 5.99. The molecular weight excluding hydrogens is 292 g/mol. The first kappa shape index (κ1) is 13.6. The molecule has 23 heavy (non-hydrogen) atoms. The van der Waals surface area contributed by atoms with Gasteiger partial charge in [-0.25, -0.2) is 4.79 Å². The topological polar surface area (TPSA) is 61.0 Å². The van der Waals surface area contributed by atoms with Gasteiger partial charge in [-0.2, -0.15) is 0 Å². The van der Waals surface area contributed by atoms with E-state index in [2.05, 4.69) is 5.43 Å². The van der Waals surface area contributed by atoms with Crippen LogP contribution in [0.3, 0.4) is 0 Å². The fourth-order valence-corrected chi connectivity index (χ4v) is 3.20. The minimum atomic E-state index is -0.325. The quantitative estimate of drug-likeness (QED) is 0.736. The van der Waals surface area contributed by atoms with E-state index in [0.29, 0.717) is 17.4 Å². The predicted molar refractivity (Wildman–Crippen MR) is 91.1 cm³/mol. The lowest BCUT2D eigenvalue weighted by Crippen LogP contribution is -2.36. The number of fused-ring (bicyclic) bond motifs is 3. The maximum atomic E-state index is 12.8. The lowest BCUT2D eigenvalue weighted by molar-refractivity contribution is 0.714. The summed E-state index contributed by atoms with van der Waals surface area (Å²) in [5, 5.41) is 0.551. The van der Waals surface area contributed by atoms with Crippen LogP contribution in [0.1, 0.15) is 5.69 Å². The van der Waals surface area contributed by atoms with Crippen LogP contribution in [0.25, 0.3) is 28.2 Å². The Morgan fingerprint density at radius 3 is 2.52 bits per heavy atom. The molecule has 0 saturated heterocycles.